The third-order valence-corrected chi connectivity index (χ3v) is 2.29. The Kier molecular flexibility index (Phi) is 4.51. The highest BCUT2D eigenvalue weighted by molar-refractivity contribution is 6.32. The van der Waals surface area contributed by atoms with Crippen molar-refractivity contribution in [3.63, 3.8) is 0 Å². The van der Waals surface area contributed by atoms with Crippen molar-refractivity contribution in [2.24, 2.45) is 0 Å². The highest BCUT2D eigenvalue weighted by atomic mass is 16.5. The fourth-order valence-corrected chi connectivity index (χ4v) is 1.42. The van der Waals surface area contributed by atoms with Crippen molar-refractivity contribution in [2.75, 3.05) is 7.11 Å². The monoisotopic (exact) mass is 221 g/mol. The molecule has 0 aliphatic rings. The van der Waals surface area contributed by atoms with E-state index in [1.165, 1.54) is 7.11 Å². The van der Waals surface area contributed by atoms with Gasteiger partial charge in [-0.3, -0.25) is 4.79 Å². The van der Waals surface area contributed by atoms with Gasteiger partial charge in [-0.05, 0) is 12.0 Å². The minimum absolute atomic E-state index is 0.159. The predicted octanol–water partition coefficient (Wildman–Crippen LogP) is 1.43. The van der Waals surface area contributed by atoms with Gasteiger partial charge in [-0.15, -0.1) is 0 Å². The van der Waals surface area contributed by atoms with E-state index in [9.17, 15) is 9.59 Å². The number of ether oxygens (including phenoxy) is 1. The molecule has 0 radical (unpaired) electrons. The molecular formula is C12H15NO3. The summed E-state index contributed by atoms with van der Waals surface area (Å²) in [5.41, 5.74) is 0.974. The summed E-state index contributed by atoms with van der Waals surface area (Å²) in [5.74, 6) is -1.58. The van der Waals surface area contributed by atoms with Crippen LogP contribution in [0.25, 0.3) is 0 Å². The van der Waals surface area contributed by atoms with E-state index in [-0.39, 0.29) is 6.04 Å². The van der Waals surface area contributed by atoms with Gasteiger partial charge in [0.1, 0.15) is 0 Å². The topological polar surface area (TPSA) is 55.4 Å². The van der Waals surface area contributed by atoms with Gasteiger partial charge in [-0.1, -0.05) is 37.3 Å². The van der Waals surface area contributed by atoms with Gasteiger partial charge < -0.3 is 10.1 Å². The predicted molar refractivity (Wildman–Crippen MR) is 59.6 cm³/mol. The van der Waals surface area contributed by atoms with E-state index >= 15 is 0 Å². The van der Waals surface area contributed by atoms with E-state index < -0.39 is 11.9 Å². The van der Waals surface area contributed by atoms with Crippen LogP contribution < -0.4 is 5.32 Å². The second-order valence-corrected chi connectivity index (χ2v) is 3.34. The molecule has 1 aromatic rings. The maximum absolute atomic E-state index is 11.3. The van der Waals surface area contributed by atoms with E-state index in [4.69, 9.17) is 0 Å². The lowest BCUT2D eigenvalue weighted by molar-refractivity contribution is -0.153. The number of esters is 1. The first-order valence-corrected chi connectivity index (χ1v) is 5.12. The van der Waals surface area contributed by atoms with Crippen molar-refractivity contribution in [3.8, 4) is 0 Å². The zero-order chi connectivity index (χ0) is 12.0. The Morgan fingerprint density at radius 2 is 1.94 bits per heavy atom. The SMILES string of the molecule is CCC(NC(=O)C(=O)OC)c1ccccc1. The van der Waals surface area contributed by atoms with Crippen LogP contribution in [0, 0.1) is 0 Å². The molecule has 1 N–H and O–H groups in total. The number of nitrogens with one attached hydrogen (secondary N) is 1. The molecule has 1 amide bonds. The lowest BCUT2D eigenvalue weighted by Crippen LogP contribution is -2.34. The van der Waals surface area contributed by atoms with Crippen LogP contribution in [0.5, 0.6) is 0 Å². The highest BCUT2D eigenvalue weighted by Gasteiger charge is 2.18. The van der Waals surface area contributed by atoms with Crippen molar-refractivity contribution in [1.82, 2.24) is 5.32 Å². The summed E-state index contributed by atoms with van der Waals surface area (Å²) >= 11 is 0. The van der Waals surface area contributed by atoms with E-state index in [0.717, 1.165) is 5.56 Å². The Morgan fingerprint density at radius 3 is 2.44 bits per heavy atom. The molecule has 0 bridgehead atoms. The molecule has 4 heteroatoms. The van der Waals surface area contributed by atoms with Crippen molar-refractivity contribution < 1.29 is 14.3 Å². The van der Waals surface area contributed by atoms with Crippen LogP contribution >= 0.6 is 0 Å². The number of rotatable bonds is 3. The number of amides is 1. The summed E-state index contributed by atoms with van der Waals surface area (Å²) < 4.78 is 4.34. The number of benzene rings is 1. The van der Waals surface area contributed by atoms with Crippen LogP contribution in [0.3, 0.4) is 0 Å². The maximum Gasteiger partial charge on any atom is 0.396 e. The molecule has 0 spiro atoms. The summed E-state index contributed by atoms with van der Waals surface area (Å²) in [7, 11) is 1.19. The van der Waals surface area contributed by atoms with Gasteiger partial charge in [0.2, 0.25) is 0 Å². The van der Waals surface area contributed by atoms with Crippen molar-refractivity contribution in [3.05, 3.63) is 35.9 Å². The first-order chi connectivity index (χ1) is 7.69. The smallest absolute Gasteiger partial charge is 0.396 e. The molecule has 86 valence electrons. The quantitative estimate of drug-likeness (QED) is 0.620. The number of carbonyl (C=O) groups is 2. The number of hydrogen-bond acceptors (Lipinski definition) is 3. The van der Waals surface area contributed by atoms with Crippen LogP contribution in [-0.2, 0) is 14.3 Å². The van der Waals surface area contributed by atoms with Gasteiger partial charge in [0.15, 0.2) is 0 Å². The summed E-state index contributed by atoms with van der Waals surface area (Å²) in [4.78, 5) is 22.3. The zero-order valence-electron chi connectivity index (χ0n) is 9.40. The average molecular weight is 221 g/mol. The molecule has 0 saturated carbocycles. The molecule has 0 saturated heterocycles. The maximum atomic E-state index is 11.3. The van der Waals surface area contributed by atoms with Crippen LogP contribution in [0.4, 0.5) is 0 Å². The van der Waals surface area contributed by atoms with Gasteiger partial charge >= 0.3 is 11.9 Å². The number of hydrogen-bond donors (Lipinski definition) is 1. The Morgan fingerprint density at radius 1 is 1.31 bits per heavy atom. The number of carbonyl (C=O) groups excluding carboxylic acids is 2. The molecular weight excluding hydrogens is 206 g/mol. The Bertz CT molecular complexity index is 362. The van der Waals surface area contributed by atoms with Crippen LogP contribution in [0.2, 0.25) is 0 Å². The van der Waals surface area contributed by atoms with Gasteiger partial charge in [0, 0.05) is 0 Å². The summed E-state index contributed by atoms with van der Waals surface area (Å²) in [5, 5.41) is 2.62. The molecule has 1 atom stereocenters. The molecule has 1 rings (SSSR count). The summed E-state index contributed by atoms with van der Waals surface area (Å²) in [6.45, 7) is 1.94. The number of methoxy groups -OCH3 is 1. The third kappa shape index (κ3) is 3.08. The van der Waals surface area contributed by atoms with Crippen LogP contribution in [-0.4, -0.2) is 19.0 Å². The summed E-state index contributed by atoms with van der Waals surface area (Å²) in [6, 6.07) is 9.34. The molecule has 0 fully saturated rings. The third-order valence-electron chi connectivity index (χ3n) is 2.29. The lowest BCUT2D eigenvalue weighted by atomic mass is 10.0. The molecule has 0 aliphatic heterocycles. The van der Waals surface area contributed by atoms with E-state index in [2.05, 4.69) is 10.1 Å². The normalized spacial score (nSPS) is 11.6. The van der Waals surface area contributed by atoms with Gasteiger partial charge in [-0.25, -0.2) is 4.79 Å². The molecule has 0 aromatic heterocycles. The average Bonchev–Trinajstić information content (AvgIpc) is 2.35. The second kappa shape index (κ2) is 5.90. The summed E-state index contributed by atoms with van der Waals surface area (Å²) in [6.07, 6.45) is 0.715. The Balaban J connectivity index is 2.70. The molecule has 4 nitrogen and oxygen atoms in total. The Hall–Kier alpha value is -1.84. The fraction of sp³-hybridized carbons (Fsp3) is 0.333. The van der Waals surface area contributed by atoms with E-state index in [1.807, 2.05) is 37.3 Å². The Labute approximate surface area is 94.6 Å². The van der Waals surface area contributed by atoms with Crippen LogP contribution in [0.15, 0.2) is 30.3 Å². The molecule has 16 heavy (non-hydrogen) atoms. The van der Waals surface area contributed by atoms with Gasteiger partial charge in [0.05, 0.1) is 13.2 Å². The largest absolute Gasteiger partial charge is 0.462 e. The molecule has 0 aliphatic carbocycles. The zero-order valence-corrected chi connectivity index (χ0v) is 9.40. The molecule has 0 heterocycles. The second-order valence-electron chi connectivity index (χ2n) is 3.34. The van der Waals surface area contributed by atoms with Crippen LogP contribution in [0.1, 0.15) is 24.9 Å². The van der Waals surface area contributed by atoms with Crippen molar-refractivity contribution in [2.45, 2.75) is 19.4 Å². The minimum Gasteiger partial charge on any atom is -0.462 e. The molecule has 1 aromatic carbocycles. The standard InChI is InChI=1S/C12H15NO3/c1-3-10(9-7-5-4-6-8-9)13-11(14)12(15)16-2/h4-8,10H,3H2,1-2H3,(H,13,14). The van der Waals surface area contributed by atoms with E-state index in [1.54, 1.807) is 0 Å². The van der Waals surface area contributed by atoms with Gasteiger partial charge in [0.25, 0.3) is 0 Å². The minimum atomic E-state index is -0.866. The first kappa shape index (κ1) is 12.2. The van der Waals surface area contributed by atoms with Gasteiger partial charge in [-0.2, -0.15) is 0 Å². The van der Waals surface area contributed by atoms with Crippen molar-refractivity contribution in [1.29, 1.82) is 0 Å². The fourth-order valence-electron chi connectivity index (χ4n) is 1.42. The highest BCUT2D eigenvalue weighted by Crippen LogP contribution is 2.15. The lowest BCUT2D eigenvalue weighted by Gasteiger charge is -2.16. The first-order valence-electron chi connectivity index (χ1n) is 5.12. The van der Waals surface area contributed by atoms with E-state index in [0.29, 0.717) is 6.42 Å². The van der Waals surface area contributed by atoms with Crippen molar-refractivity contribution >= 4 is 11.9 Å². The molecule has 1 unspecified atom stereocenters.